The lowest BCUT2D eigenvalue weighted by Crippen LogP contribution is -2.54. The molecule has 1 aromatic carbocycles. The highest BCUT2D eigenvalue weighted by molar-refractivity contribution is 5.67. The Morgan fingerprint density at radius 1 is 1.26 bits per heavy atom. The number of piperidine rings is 1. The molecule has 1 N–H and O–H groups in total. The third-order valence-corrected chi connectivity index (χ3v) is 3.71. The number of rotatable bonds is 2. The fourth-order valence-corrected chi connectivity index (χ4v) is 2.80. The number of aromatic hydroxyl groups is 1. The van der Waals surface area contributed by atoms with Crippen molar-refractivity contribution in [3.63, 3.8) is 0 Å². The number of aldehydes is 1. The van der Waals surface area contributed by atoms with Gasteiger partial charge in [-0.1, -0.05) is 6.42 Å². The van der Waals surface area contributed by atoms with Crippen LogP contribution in [0.3, 0.4) is 0 Å². The van der Waals surface area contributed by atoms with Crippen LogP contribution in [0.15, 0.2) is 18.2 Å². The highest BCUT2D eigenvalue weighted by Gasteiger charge is 2.32. The Morgan fingerprint density at radius 2 is 2.05 bits per heavy atom. The molecule has 2 heterocycles. The van der Waals surface area contributed by atoms with Crippen molar-refractivity contribution in [2.45, 2.75) is 32.1 Å². The maximum absolute atomic E-state index is 11.2. The van der Waals surface area contributed by atoms with E-state index in [1.54, 1.807) is 12.1 Å². The summed E-state index contributed by atoms with van der Waals surface area (Å²) in [5, 5.41) is 13.7. The molecule has 19 heavy (non-hydrogen) atoms. The smallest absolute Gasteiger partial charge is 0.200 e. The van der Waals surface area contributed by atoms with Crippen molar-refractivity contribution in [2.24, 2.45) is 0 Å². The van der Waals surface area contributed by atoms with E-state index in [0.29, 0.717) is 6.61 Å². The average Bonchev–Trinajstić information content (AvgIpc) is 2.46. The minimum Gasteiger partial charge on any atom is -0.508 e. The van der Waals surface area contributed by atoms with Crippen molar-refractivity contribution in [1.29, 1.82) is 0 Å². The number of anilines is 1. The SMILES string of the molecule is O=CC1OCc2cc(O)ccc2N1N1CCCCC1. The predicted octanol–water partition coefficient (Wildman–Crippen LogP) is 1.65. The number of carbonyl (C=O) groups excluding carboxylic acids is 1. The van der Waals surface area contributed by atoms with Crippen LogP contribution in [0.1, 0.15) is 24.8 Å². The quantitative estimate of drug-likeness (QED) is 0.821. The first-order chi connectivity index (χ1) is 9.29. The Bertz CT molecular complexity index is 472. The van der Waals surface area contributed by atoms with Crippen LogP contribution in [0.5, 0.6) is 5.75 Å². The summed E-state index contributed by atoms with van der Waals surface area (Å²) in [7, 11) is 0. The molecule has 1 atom stereocenters. The Kier molecular flexibility index (Phi) is 3.40. The molecular formula is C14H18N2O3. The molecule has 1 saturated heterocycles. The predicted molar refractivity (Wildman–Crippen MR) is 70.7 cm³/mol. The van der Waals surface area contributed by atoms with Crippen molar-refractivity contribution in [3.8, 4) is 5.75 Å². The van der Waals surface area contributed by atoms with Gasteiger partial charge < -0.3 is 9.84 Å². The number of fused-ring (bicyclic) bond motifs is 1. The number of carbonyl (C=O) groups is 1. The van der Waals surface area contributed by atoms with Crippen molar-refractivity contribution >= 4 is 12.0 Å². The summed E-state index contributed by atoms with van der Waals surface area (Å²) in [5.41, 5.74) is 1.88. The monoisotopic (exact) mass is 262 g/mol. The number of hydrogen-bond acceptors (Lipinski definition) is 5. The number of hydrogen-bond donors (Lipinski definition) is 1. The van der Waals surface area contributed by atoms with Crippen molar-refractivity contribution < 1.29 is 14.6 Å². The van der Waals surface area contributed by atoms with Gasteiger partial charge in [-0.15, -0.1) is 0 Å². The maximum atomic E-state index is 11.2. The number of benzene rings is 1. The van der Waals surface area contributed by atoms with E-state index < -0.39 is 6.23 Å². The third kappa shape index (κ3) is 2.31. The molecule has 0 bridgehead atoms. The molecule has 2 aliphatic rings. The highest BCUT2D eigenvalue weighted by atomic mass is 16.5. The summed E-state index contributed by atoms with van der Waals surface area (Å²) in [6, 6.07) is 5.22. The van der Waals surface area contributed by atoms with Crippen LogP contribution in [0.4, 0.5) is 5.69 Å². The molecule has 3 rings (SSSR count). The van der Waals surface area contributed by atoms with E-state index in [1.165, 1.54) is 6.42 Å². The van der Waals surface area contributed by atoms with E-state index in [9.17, 15) is 9.90 Å². The fourth-order valence-electron chi connectivity index (χ4n) is 2.80. The minimum atomic E-state index is -0.560. The van der Waals surface area contributed by atoms with Gasteiger partial charge in [0.05, 0.1) is 12.3 Å². The highest BCUT2D eigenvalue weighted by Crippen LogP contribution is 2.33. The first kappa shape index (κ1) is 12.4. The van der Waals surface area contributed by atoms with Crippen LogP contribution in [0.2, 0.25) is 0 Å². The van der Waals surface area contributed by atoms with Gasteiger partial charge in [-0.05, 0) is 31.0 Å². The molecule has 1 fully saturated rings. The standard InChI is InChI=1S/C14H18N2O3/c17-9-14-16(15-6-2-1-3-7-15)13-5-4-12(18)8-11(13)10-19-14/h4-5,8-9,14,18H,1-3,6-7,10H2. The molecule has 0 amide bonds. The van der Waals surface area contributed by atoms with E-state index in [1.807, 2.05) is 11.1 Å². The van der Waals surface area contributed by atoms with E-state index >= 15 is 0 Å². The summed E-state index contributed by atoms with van der Waals surface area (Å²) in [5.74, 6) is 0.227. The van der Waals surface area contributed by atoms with Gasteiger partial charge in [0, 0.05) is 18.7 Å². The molecule has 0 saturated carbocycles. The number of phenols is 1. The van der Waals surface area contributed by atoms with Crippen LogP contribution in [-0.2, 0) is 16.1 Å². The van der Waals surface area contributed by atoms with Gasteiger partial charge in [-0.25, -0.2) is 5.01 Å². The van der Waals surface area contributed by atoms with Gasteiger partial charge in [0.1, 0.15) is 5.75 Å². The largest absolute Gasteiger partial charge is 0.508 e. The normalized spacial score (nSPS) is 24.0. The van der Waals surface area contributed by atoms with Crippen LogP contribution >= 0.6 is 0 Å². The third-order valence-electron chi connectivity index (χ3n) is 3.71. The first-order valence-corrected chi connectivity index (χ1v) is 6.72. The molecule has 0 aromatic heterocycles. The zero-order chi connectivity index (χ0) is 13.2. The Balaban J connectivity index is 1.96. The topological polar surface area (TPSA) is 53.0 Å². The molecule has 1 unspecified atom stereocenters. The Morgan fingerprint density at radius 3 is 2.79 bits per heavy atom. The molecule has 2 aliphatic heterocycles. The second kappa shape index (κ2) is 5.19. The molecule has 0 radical (unpaired) electrons. The first-order valence-electron chi connectivity index (χ1n) is 6.72. The second-order valence-electron chi connectivity index (χ2n) is 5.01. The van der Waals surface area contributed by atoms with Crippen molar-refractivity contribution in [1.82, 2.24) is 5.01 Å². The minimum absolute atomic E-state index is 0.227. The Hall–Kier alpha value is -1.59. The van der Waals surface area contributed by atoms with Gasteiger partial charge in [-0.2, -0.15) is 0 Å². The van der Waals surface area contributed by atoms with Crippen LogP contribution < -0.4 is 5.01 Å². The summed E-state index contributed by atoms with van der Waals surface area (Å²) < 4.78 is 5.58. The van der Waals surface area contributed by atoms with Crippen molar-refractivity contribution in [3.05, 3.63) is 23.8 Å². The van der Waals surface area contributed by atoms with Gasteiger partial charge in [0.15, 0.2) is 6.29 Å². The van der Waals surface area contributed by atoms with Crippen LogP contribution in [0, 0.1) is 0 Å². The average molecular weight is 262 g/mol. The molecule has 5 nitrogen and oxygen atoms in total. The lowest BCUT2D eigenvalue weighted by molar-refractivity contribution is -0.122. The summed E-state index contributed by atoms with van der Waals surface area (Å²) in [4.78, 5) is 11.2. The zero-order valence-electron chi connectivity index (χ0n) is 10.8. The van der Waals surface area contributed by atoms with Crippen LogP contribution in [-0.4, -0.2) is 35.7 Å². The zero-order valence-corrected chi connectivity index (χ0v) is 10.8. The molecule has 0 aliphatic carbocycles. The summed E-state index contributed by atoms with van der Waals surface area (Å²) in [6.07, 6.45) is 3.78. The molecular weight excluding hydrogens is 244 g/mol. The van der Waals surface area contributed by atoms with Crippen molar-refractivity contribution in [2.75, 3.05) is 18.1 Å². The fraction of sp³-hybridized carbons (Fsp3) is 0.500. The molecule has 5 heteroatoms. The Labute approximate surface area is 112 Å². The lowest BCUT2D eigenvalue weighted by Gasteiger charge is -2.44. The number of nitrogens with zero attached hydrogens (tertiary/aromatic N) is 2. The van der Waals surface area contributed by atoms with Crippen LogP contribution in [0.25, 0.3) is 0 Å². The number of hydrazine groups is 1. The number of phenolic OH excluding ortho intramolecular Hbond substituents is 1. The number of ether oxygens (including phenoxy) is 1. The lowest BCUT2D eigenvalue weighted by atomic mass is 10.1. The molecule has 0 spiro atoms. The second-order valence-corrected chi connectivity index (χ2v) is 5.01. The van der Waals surface area contributed by atoms with E-state index in [2.05, 4.69) is 5.01 Å². The summed E-state index contributed by atoms with van der Waals surface area (Å²) in [6.45, 7) is 2.24. The summed E-state index contributed by atoms with van der Waals surface area (Å²) >= 11 is 0. The van der Waals surface area contributed by atoms with Gasteiger partial charge >= 0.3 is 0 Å². The maximum Gasteiger partial charge on any atom is 0.200 e. The van der Waals surface area contributed by atoms with E-state index in [0.717, 1.165) is 43.5 Å². The van der Waals surface area contributed by atoms with Gasteiger partial charge in [-0.3, -0.25) is 9.80 Å². The molecule has 102 valence electrons. The van der Waals surface area contributed by atoms with Gasteiger partial charge in [0.2, 0.25) is 6.23 Å². The van der Waals surface area contributed by atoms with Gasteiger partial charge in [0.25, 0.3) is 0 Å². The molecule has 1 aromatic rings. The van der Waals surface area contributed by atoms with E-state index in [4.69, 9.17) is 4.74 Å². The van der Waals surface area contributed by atoms with E-state index in [-0.39, 0.29) is 5.75 Å².